The van der Waals surface area contributed by atoms with Crippen LogP contribution in [0.4, 0.5) is 5.69 Å². The zero-order valence-corrected chi connectivity index (χ0v) is 15.3. The molecule has 0 saturated carbocycles. The Balaban J connectivity index is 0.00000242. The van der Waals surface area contributed by atoms with E-state index in [-0.39, 0.29) is 36.4 Å². The minimum Gasteiger partial charge on any atom is -0.383 e. The van der Waals surface area contributed by atoms with Gasteiger partial charge >= 0.3 is 0 Å². The number of anilines is 1. The second kappa shape index (κ2) is 9.62. The van der Waals surface area contributed by atoms with E-state index in [4.69, 9.17) is 4.74 Å². The minimum absolute atomic E-state index is 0. The van der Waals surface area contributed by atoms with Crippen molar-refractivity contribution in [3.8, 4) is 0 Å². The van der Waals surface area contributed by atoms with Crippen LogP contribution in [0.5, 0.6) is 0 Å². The number of fused-ring (bicyclic) bond motifs is 1. The number of nitrogens with one attached hydrogen (secondary N) is 2. The van der Waals surface area contributed by atoms with Gasteiger partial charge in [0.25, 0.3) is 0 Å². The van der Waals surface area contributed by atoms with Crippen LogP contribution >= 0.6 is 24.0 Å². The van der Waals surface area contributed by atoms with Gasteiger partial charge in [0.1, 0.15) is 0 Å². The third kappa shape index (κ3) is 4.84. The van der Waals surface area contributed by atoms with Gasteiger partial charge in [-0.25, -0.2) is 0 Å². The van der Waals surface area contributed by atoms with Gasteiger partial charge < -0.3 is 20.3 Å². The molecule has 0 fully saturated rings. The lowest BCUT2D eigenvalue weighted by Crippen LogP contribution is -2.45. The number of aliphatic imine (C=N–C) groups is 1. The molecular weight excluding hydrogens is 395 g/mol. The van der Waals surface area contributed by atoms with Gasteiger partial charge in [-0.2, -0.15) is 0 Å². The summed E-state index contributed by atoms with van der Waals surface area (Å²) in [5, 5.41) is 5.87. The van der Waals surface area contributed by atoms with Gasteiger partial charge in [-0.15, -0.1) is 24.0 Å². The van der Waals surface area contributed by atoms with Crippen LogP contribution in [0, 0.1) is 0 Å². The van der Waals surface area contributed by atoms with Crippen LogP contribution in [0.15, 0.2) is 29.3 Å². The Morgan fingerprint density at radius 1 is 1.36 bits per heavy atom. The molecule has 0 atom stereocenters. The zero-order chi connectivity index (χ0) is 15.1. The van der Waals surface area contributed by atoms with Gasteiger partial charge in [-0.3, -0.25) is 9.79 Å². The predicted octanol–water partition coefficient (Wildman–Crippen LogP) is 1.01. The number of halogens is 1. The number of carbonyl (C=O) groups is 1. The summed E-state index contributed by atoms with van der Waals surface area (Å²) in [6, 6.07) is 8.26. The van der Waals surface area contributed by atoms with Crippen molar-refractivity contribution in [1.29, 1.82) is 0 Å². The number of hydrogen-bond donors (Lipinski definition) is 2. The average molecular weight is 418 g/mol. The molecule has 122 valence electrons. The van der Waals surface area contributed by atoms with E-state index in [1.807, 2.05) is 12.1 Å². The lowest BCUT2D eigenvalue weighted by Gasteiger charge is -2.22. The highest BCUT2D eigenvalue weighted by atomic mass is 127. The Morgan fingerprint density at radius 3 is 2.86 bits per heavy atom. The van der Waals surface area contributed by atoms with Gasteiger partial charge in [-0.1, -0.05) is 18.2 Å². The highest BCUT2D eigenvalue weighted by Gasteiger charge is 2.22. The zero-order valence-electron chi connectivity index (χ0n) is 13.0. The monoisotopic (exact) mass is 418 g/mol. The average Bonchev–Trinajstić information content (AvgIpc) is 2.92. The fourth-order valence-electron chi connectivity index (χ4n) is 2.37. The first-order valence-electron chi connectivity index (χ1n) is 7.08. The molecule has 0 aromatic heterocycles. The molecule has 1 aliphatic heterocycles. The number of nitrogens with zero attached hydrogens (tertiary/aromatic N) is 2. The summed E-state index contributed by atoms with van der Waals surface area (Å²) in [5.41, 5.74) is 2.47. The molecule has 7 heteroatoms. The van der Waals surface area contributed by atoms with Crippen molar-refractivity contribution < 1.29 is 9.53 Å². The van der Waals surface area contributed by atoms with Gasteiger partial charge in [0.05, 0.1) is 13.2 Å². The van der Waals surface area contributed by atoms with Crippen LogP contribution in [0.25, 0.3) is 0 Å². The molecule has 0 bridgehead atoms. The molecular formula is C15H23IN4O2. The lowest BCUT2D eigenvalue weighted by molar-refractivity contribution is -0.120. The largest absolute Gasteiger partial charge is 0.383 e. The van der Waals surface area contributed by atoms with E-state index < -0.39 is 0 Å². The number of benzene rings is 1. The Labute approximate surface area is 148 Å². The number of amides is 1. The minimum atomic E-state index is -0.0688. The fourth-order valence-corrected chi connectivity index (χ4v) is 2.37. The van der Waals surface area contributed by atoms with E-state index >= 15 is 0 Å². The Hall–Kier alpha value is -1.35. The highest BCUT2D eigenvalue weighted by molar-refractivity contribution is 14.0. The van der Waals surface area contributed by atoms with E-state index in [0.717, 1.165) is 24.6 Å². The van der Waals surface area contributed by atoms with Crippen LogP contribution in [0.1, 0.15) is 5.56 Å². The molecule has 0 spiro atoms. The molecule has 1 aliphatic rings. The number of hydrogen-bond acceptors (Lipinski definition) is 3. The maximum atomic E-state index is 11.7. The Morgan fingerprint density at radius 2 is 2.14 bits per heavy atom. The van der Waals surface area contributed by atoms with E-state index in [0.29, 0.717) is 13.2 Å². The maximum Gasteiger partial charge on any atom is 0.239 e. The third-order valence-corrected chi connectivity index (χ3v) is 3.39. The fraction of sp³-hybridized carbons (Fsp3) is 0.467. The molecule has 1 aromatic carbocycles. The number of guanidine groups is 1. The van der Waals surface area contributed by atoms with Gasteiger partial charge in [-0.05, 0) is 18.1 Å². The molecule has 6 nitrogen and oxygen atoms in total. The quantitative estimate of drug-likeness (QED) is 0.324. The Kier molecular flexibility index (Phi) is 8.18. The molecule has 1 aromatic rings. The summed E-state index contributed by atoms with van der Waals surface area (Å²) >= 11 is 0. The molecule has 0 aliphatic carbocycles. The molecule has 22 heavy (non-hydrogen) atoms. The van der Waals surface area contributed by atoms with Crippen molar-refractivity contribution in [2.45, 2.75) is 6.42 Å². The van der Waals surface area contributed by atoms with Crippen LogP contribution in [-0.2, 0) is 16.0 Å². The maximum absolute atomic E-state index is 11.7. The summed E-state index contributed by atoms with van der Waals surface area (Å²) in [6.07, 6.45) is 0.997. The normalized spacial score (nSPS) is 13.4. The molecule has 2 N–H and O–H groups in total. The van der Waals surface area contributed by atoms with Crippen molar-refractivity contribution in [3.05, 3.63) is 29.8 Å². The first-order chi connectivity index (χ1) is 10.3. The van der Waals surface area contributed by atoms with Crippen molar-refractivity contribution in [1.82, 2.24) is 10.6 Å². The third-order valence-electron chi connectivity index (χ3n) is 3.39. The molecule has 2 rings (SSSR count). The number of ether oxygens (including phenoxy) is 1. The van der Waals surface area contributed by atoms with Gasteiger partial charge in [0.15, 0.2) is 5.96 Å². The van der Waals surface area contributed by atoms with Crippen LogP contribution < -0.4 is 15.5 Å². The second-order valence-electron chi connectivity index (χ2n) is 4.77. The van der Waals surface area contributed by atoms with E-state index in [1.54, 1.807) is 14.2 Å². The molecule has 1 heterocycles. The van der Waals surface area contributed by atoms with Crippen LogP contribution in [-0.4, -0.2) is 52.3 Å². The summed E-state index contributed by atoms with van der Waals surface area (Å²) in [6.45, 7) is 2.11. The summed E-state index contributed by atoms with van der Waals surface area (Å²) in [5.74, 6) is 0.655. The SMILES string of the molecule is CN=C(NCC(=O)NCCOC)N1CCc2ccccc21.I. The molecule has 0 radical (unpaired) electrons. The first-order valence-corrected chi connectivity index (χ1v) is 7.08. The summed E-state index contributed by atoms with van der Waals surface area (Å²) < 4.78 is 4.89. The smallest absolute Gasteiger partial charge is 0.239 e. The van der Waals surface area contributed by atoms with E-state index in [9.17, 15) is 4.79 Å². The molecule has 0 unspecified atom stereocenters. The van der Waals surface area contributed by atoms with Crippen molar-refractivity contribution in [2.75, 3.05) is 45.3 Å². The lowest BCUT2D eigenvalue weighted by atomic mass is 10.2. The van der Waals surface area contributed by atoms with Gasteiger partial charge in [0, 0.05) is 32.9 Å². The van der Waals surface area contributed by atoms with Crippen LogP contribution in [0.2, 0.25) is 0 Å². The Bertz CT molecular complexity index is 522. The predicted molar refractivity (Wildman–Crippen MR) is 99.2 cm³/mol. The van der Waals surface area contributed by atoms with Crippen LogP contribution in [0.3, 0.4) is 0 Å². The van der Waals surface area contributed by atoms with Crippen molar-refractivity contribution in [2.24, 2.45) is 4.99 Å². The van der Waals surface area contributed by atoms with E-state index in [2.05, 4.69) is 32.7 Å². The van der Waals surface area contributed by atoms with Gasteiger partial charge in [0.2, 0.25) is 5.91 Å². The number of rotatable bonds is 5. The second-order valence-corrected chi connectivity index (χ2v) is 4.77. The molecule has 0 saturated heterocycles. The number of methoxy groups -OCH3 is 1. The standard InChI is InChI=1S/C15H22N4O2.HI/c1-16-15(18-11-14(20)17-8-10-21-2)19-9-7-12-5-3-4-6-13(12)19;/h3-6H,7-11H2,1-2H3,(H,16,18)(H,17,20);1H. The topological polar surface area (TPSA) is 66.0 Å². The molecule has 1 amide bonds. The van der Waals surface area contributed by atoms with Crippen molar-refractivity contribution in [3.63, 3.8) is 0 Å². The summed E-state index contributed by atoms with van der Waals surface area (Å²) in [7, 11) is 3.34. The number of para-hydroxylation sites is 1. The van der Waals surface area contributed by atoms with E-state index in [1.165, 1.54) is 5.56 Å². The number of carbonyl (C=O) groups excluding carboxylic acids is 1. The first kappa shape index (κ1) is 18.7. The highest BCUT2D eigenvalue weighted by Crippen LogP contribution is 2.27. The summed E-state index contributed by atoms with van der Waals surface area (Å²) in [4.78, 5) is 18.1. The van der Waals surface area contributed by atoms with Crippen molar-refractivity contribution >= 4 is 41.5 Å².